The molecule has 0 aromatic heterocycles. The van der Waals surface area contributed by atoms with Gasteiger partial charge in [-0.25, -0.2) is 0 Å². The largest absolute Gasteiger partial charge is 0.352 e. The summed E-state index contributed by atoms with van der Waals surface area (Å²) in [6, 6.07) is 7.09. The SMILES string of the molecule is C[C@@H]1CCCC[C@@H]1NC(=O)CSc1ccc2c(c1)CCC2. The quantitative estimate of drug-likeness (QED) is 0.853. The van der Waals surface area contributed by atoms with Crippen molar-refractivity contribution < 1.29 is 4.79 Å². The first kappa shape index (κ1) is 15.0. The van der Waals surface area contributed by atoms with Gasteiger partial charge in [0.05, 0.1) is 5.75 Å². The highest BCUT2D eigenvalue weighted by Crippen LogP contribution is 2.28. The molecule has 1 amide bonds. The summed E-state index contributed by atoms with van der Waals surface area (Å²) in [6.07, 6.45) is 8.68. The van der Waals surface area contributed by atoms with E-state index >= 15 is 0 Å². The Balaban J connectivity index is 1.49. The van der Waals surface area contributed by atoms with E-state index < -0.39 is 0 Å². The van der Waals surface area contributed by atoms with Gasteiger partial charge in [0, 0.05) is 10.9 Å². The second-order valence-electron chi connectivity index (χ2n) is 6.51. The molecule has 2 nitrogen and oxygen atoms in total. The number of hydrogen-bond donors (Lipinski definition) is 1. The van der Waals surface area contributed by atoms with Gasteiger partial charge >= 0.3 is 0 Å². The third-order valence-corrected chi connectivity index (χ3v) is 5.89. The first-order chi connectivity index (χ1) is 10.2. The van der Waals surface area contributed by atoms with Gasteiger partial charge in [-0.1, -0.05) is 25.8 Å². The summed E-state index contributed by atoms with van der Waals surface area (Å²) in [5.41, 5.74) is 2.99. The van der Waals surface area contributed by atoms with E-state index in [4.69, 9.17) is 0 Å². The van der Waals surface area contributed by atoms with Gasteiger partial charge < -0.3 is 5.32 Å². The van der Waals surface area contributed by atoms with Crippen LogP contribution in [0.25, 0.3) is 0 Å². The lowest BCUT2D eigenvalue weighted by Crippen LogP contribution is -2.41. The molecule has 0 radical (unpaired) electrons. The predicted octanol–water partition coefficient (Wildman–Crippen LogP) is 3.96. The molecule has 114 valence electrons. The number of benzene rings is 1. The second-order valence-corrected chi connectivity index (χ2v) is 7.56. The third kappa shape index (κ3) is 3.82. The molecule has 0 aliphatic heterocycles. The third-order valence-electron chi connectivity index (χ3n) is 4.90. The number of nitrogens with one attached hydrogen (secondary N) is 1. The highest BCUT2D eigenvalue weighted by Gasteiger charge is 2.22. The fourth-order valence-electron chi connectivity index (χ4n) is 3.57. The molecule has 2 aliphatic rings. The fourth-order valence-corrected chi connectivity index (χ4v) is 4.34. The van der Waals surface area contributed by atoms with Crippen molar-refractivity contribution in [3.05, 3.63) is 29.3 Å². The lowest BCUT2D eigenvalue weighted by molar-refractivity contribution is -0.119. The standard InChI is InChI=1S/C18H25NOS/c1-13-5-2-3-8-17(13)19-18(20)12-21-16-10-9-14-6-4-7-15(14)11-16/h9-11,13,17H,2-8,12H2,1H3,(H,19,20)/t13-,17+/m1/s1. The fraction of sp³-hybridized carbons (Fsp3) is 0.611. The van der Waals surface area contributed by atoms with Crippen LogP contribution in [0.4, 0.5) is 0 Å². The van der Waals surface area contributed by atoms with E-state index in [2.05, 4.69) is 30.4 Å². The van der Waals surface area contributed by atoms with Gasteiger partial charge in [-0.3, -0.25) is 4.79 Å². The van der Waals surface area contributed by atoms with Crippen LogP contribution in [0.5, 0.6) is 0 Å². The minimum atomic E-state index is 0.194. The maximum Gasteiger partial charge on any atom is 0.230 e. The second kappa shape index (κ2) is 6.87. The normalized spacial score (nSPS) is 24.6. The molecule has 1 saturated carbocycles. The first-order valence-corrected chi connectivity index (χ1v) is 9.25. The molecule has 1 fully saturated rings. The van der Waals surface area contributed by atoms with E-state index in [1.165, 1.54) is 54.5 Å². The number of hydrogen-bond acceptors (Lipinski definition) is 2. The molecule has 3 rings (SSSR count). The van der Waals surface area contributed by atoms with Crippen molar-refractivity contribution in [3.63, 3.8) is 0 Å². The molecule has 1 aromatic carbocycles. The van der Waals surface area contributed by atoms with Gasteiger partial charge in [0.2, 0.25) is 5.91 Å². The van der Waals surface area contributed by atoms with Gasteiger partial charge in [0.15, 0.2) is 0 Å². The van der Waals surface area contributed by atoms with E-state index in [1.54, 1.807) is 11.8 Å². The van der Waals surface area contributed by atoms with E-state index in [9.17, 15) is 4.79 Å². The molecule has 0 heterocycles. The molecule has 0 saturated heterocycles. The molecule has 1 N–H and O–H groups in total. The predicted molar refractivity (Wildman–Crippen MR) is 88.8 cm³/mol. The summed E-state index contributed by atoms with van der Waals surface area (Å²) in [5, 5.41) is 3.23. The van der Waals surface area contributed by atoms with E-state index in [0.29, 0.717) is 17.7 Å². The number of carbonyl (C=O) groups is 1. The van der Waals surface area contributed by atoms with Crippen molar-refractivity contribution in [2.24, 2.45) is 5.92 Å². The highest BCUT2D eigenvalue weighted by molar-refractivity contribution is 8.00. The van der Waals surface area contributed by atoms with Crippen molar-refractivity contribution in [2.45, 2.75) is 62.8 Å². The monoisotopic (exact) mass is 303 g/mol. The van der Waals surface area contributed by atoms with Crippen LogP contribution >= 0.6 is 11.8 Å². The summed E-state index contributed by atoms with van der Waals surface area (Å²) in [5.74, 6) is 1.37. The Morgan fingerprint density at radius 3 is 2.86 bits per heavy atom. The Morgan fingerprint density at radius 1 is 1.19 bits per heavy atom. The zero-order valence-electron chi connectivity index (χ0n) is 12.9. The van der Waals surface area contributed by atoms with Crippen LogP contribution in [-0.4, -0.2) is 17.7 Å². The Kier molecular flexibility index (Phi) is 4.89. The number of aryl methyl sites for hydroxylation is 2. The zero-order valence-corrected chi connectivity index (χ0v) is 13.7. The van der Waals surface area contributed by atoms with Crippen LogP contribution in [0.1, 0.15) is 50.2 Å². The van der Waals surface area contributed by atoms with E-state index in [0.717, 1.165) is 6.42 Å². The van der Waals surface area contributed by atoms with Crippen LogP contribution in [0.2, 0.25) is 0 Å². The molecule has 3 heteroatoms. The summed E-state index contributed by atoms with van der Waals surface area (Å²) in [7, 11) is 0. The highest BCUT2D eigenvalue weighted by atomic mass is 32.2. The number of amides is 1. The lowest BCUT2D eigenvalue weighted by Gasteiger charge is -2.29. The van der Waals surface area contributed by atoms with Crippen LogP contribution < -0.4 is 5.32 Å². The maximum absolute atomic E-state index is 12.1. The first-order valence-electron chi connectivity index (χ1n) is 8.26. The Bertz CT molecular complexity index is 514. The number of carbonyl (C=O) groups excluding carboxylic acids is 1. The van der Waals surface area contributed by atoms with Crippen LogP contribution in [0.3, 0.4) is 0 Å². The zero-order chi connectivity index (χ0) is 14.7. The van der Waals surface area contributed by atoms with Crippen molar-refractivity contribution in [1.29, 1.82) is 0 Å². The summed E-state index contributed by atoms with van der Waals surface area (Å²) in [6.45, 7) is 2.26. The van der Waals surface area contributed by atoms with Crippen LogP contribution in [0.15, 0.2) is 23.1 Å². The summed E-state index contributed by atoms with van der Waals surface area (Å²) < 4.78 is 0. The smallest absolute Gasteiger partial charge is 0.230 e. The minimum Gasteiger partial charge on any atom is -0.352 e. The Morgan fingerprint density at radius 2 is 2.00 bits per heavy atom. The minimum absolute atomic E-state index is 0.194. The molecule has 2 aliphatic carbocycles. The summed E-state index contributed by atoms with van der Waals surface area (Å²) in [4.78, 5) is 13.4. The van der Waals surface area contributed by atoms with E-state index in [1.807, 2.05) is 0 Å². The molecule has 21 heavy (non-hydrogen) atoms. The average molecular weight is 303 g/mol. The van der Waals surface area contributed by atoms with Gasteiger partial charge in [0.25, 0.3) is 0 Å². The van der Waals surface area contributed by atoms with E-state index in [-0.39, 0.29) is 5.91 Å². The van der Waals surface area contributed by atoms with Gasteiger partial charge in [-0.2, -0.15) is 0 Å². The summed E-state index contributed by atoms with van der Waals surface area (Å²) >= 11 is 1.67. The average Bonchev–Trinajstić information content (AvgIpc) is 2.95. The van der Waals surface area contributed by atoms with Crippen molar-refractivity contribution in [1.82, 2.24) is 5.32 Å². The number of rotatable bonds is 4. The van der Waals surface area contributed by atoms with Crippen LogP contribution in [-0.2, 0) is 17.6 Å². The Labute approximate surface area is 132 Å². The topological polar surface area (TPSA) is 29.1 Å². The van der Waals surface area contributed by atoms with Gasteiger partial charge in [-0.05, 0) is 61.3 Å². The molecular weight excluding hydrogens is 278 g/mol. The maximum atomic E-state index is 12.1. The molecule has 1 aromatic rings. The van der Waals surface area contributed by atoms with Crippen molar-refractivity contribution in [3.8, 4) is 0 Å². The van der Waals surface area contributed by atoms with Gasteiger partial charge in [0.1, 0.15) is 0 Å². The molecule has 0 spiro atoms. The van der Waals surface area contributed by atoms with Crippen molar-refractivity contribution >= 4 is 17.7 Å². The number of fused-ring (bicyclic) bond motifs is 1. The molecule has 0 unspecified atom stereocenters. The number of thioether (sulfide) groups is 1. The van der Waals surface area contributed by atoms with Crippen molar-refractivity contribution in [2.75, 3.05) is 5.75 Å². The molecular formula is C18H25NOS. The lowest BCUT2D eigenvalue weighted by atomic mass is 9.86. The molecule has 0 bridgehead atoms. The van der Waals surface area contributed by atoms with Gasteiger partial charge in [-0.15, -0.1) is 11.8 Å². The Hall–Kier alpha value is -0.960. The molecule has 2 atom stereocenters. The van der Waals surface area contributed by atoms with Crippen LogP contribution in [0, 0.1) is 5.92 Å².